The molecule has 0 radical (unpaired) electrons. The zero-order valence-electron chi connectivity index (χ0n) is 10.4. The Hall–Kier alpha value is -2.42. The van der Waals surface area contributed by atoms with Gasteiger partial charge in [-0.2, -0.15) is 0 Å². The smallest absolute Gasteiger partial charge is 0.189 e. The standard InChI is InChI=1S/C16H13FO2/c1-11-2-4-12(5-3-11)6-9-15(18)14-8-7-13(17)10-16(14)19/h2-10,19H,1H3. The Morgan fingerprint density at radius 3 is 2.47 bits per heavy atom. The summed E-state index contributed by atoms with van der Waals surface area (Å²) in [5.41, 5.74) is 2.12. The first kappa shape index (κ1) is 13.0. The number of ketones is 1. The van der Waals surface area contributed by atoms with Crippen LogP contribution < -0.4 is 0 Å². The second-order valence-electron chi connectivity index (χ2n) is 4.27. The van der Waals surface area contributed by atoms with Crippen molar-refractivity contribution in [1.82, 2.24) is 0 Å². The van der Waals surface area contributed by atoms with E-state index in [1.54, 1.807) is 6.08 Å². The molecule has 0 bridgehead atoms. The van der Waals surface area contributed by atoms with E-state index in [0.29, 0.717) is 0 Å². The van der Waals surface area contributed by atoms with Gasteiger partial charge in [0.1, 0.15) is 11.6 Å². The first-order valence-electron chi connectivity index (χ1n) is 5.84. The lowest BCUT2D eigenvalue weighted by Gasteiger charge is -2.00. The Morgan fingerprint density at radius 2 is 1.84 bits per heavy atom. The van der Waals surface area contributed by atoms with Gasteiger partial charge >= 0.3 is 0 Å². The van der Waals surface area contributed by atoms with Crippen LogP contribution in [0.5, 0.6) is 5.75 Å². The van der Waals surface area contributed by atoms with Crippen LogP contribution in [-0.4, -0.2) is 10.9 Å². The normalized spacial score (nSPS) is 10.8. The Bertz CT molecular complexity index is 628. The third kappa shape index (κ3) is 3.28. The minimum atomic E-state index is -0.573. The molecule has 0 amide bonds. The van der Waals surface area contributed by atoms with Crippen LogP contribution in [0.2, 0.25) is 0 Å². The number of aromatic hydroxyl groups is 1. The second kappa shape index (κ2) is 5.48. The van der Waals surface area contributed by atoms with Gasteiger partial charge in [-0.3, -0.25) is 4.79 Å². The fourth-order valence-corrected chi connectivity index (χ4v) is 1.65. The molecule has 3 heteroatoms. The Kier molecular flexibility index (Phi) is 3.76. The van der Waals surface area contributed by atoms with E-state index in [0.717, 1.165) is 23.3 Å². The summed E-state index contributed by atoms with van der Waals surface area (Å²) >= 11 is 0. The highest BCUT2D eigenvalue weighted by Crippen LogP contribution is 2.19. The van der Waals surface area contributed by atoms with Gasteiger partial charge in [-0.15, -0.1) is 0 Å². The maximum atomic E-state index is 12.8. The highest BCUT2D eigenvalue weighted by atomic mass is 19.1. The van der Waals surface area contributed by atoms with Crippen molar-refractivity contribution < 1.29 is 14.3 Å². The van der Waals surface area contributed by atoms with Gasteiger partial charge < -0.3 is 5.11 Å². The predicted molar refractivity (Wildman–Crippen MR) is 72.6 cm³/mol. The molecule has 0 unspecified atom stereocenters. The van der Waals surface area contributed by atoms with Crippen molar-refractivity contribution in [3.05, 3.63) is 71.0 Å². The molecule has 2 nitrogen and oxygen atoms in total. The van der Waals surface area contributed by atoms with Gasteiger partial charge in [-0.25, -0.2) is 4.39 Å². The summed E-state index contributed by atoms with van der Waals surface area (Å²) in [7, 11) is 0. The van der Waals surface area contributed by atoms with Gasteiger partial charge in [0, 0.05) is 6.07 Å². The lowest BCUT2D eigenvalue weighted by Crippen LogP contribution is -1.95. The average molecular weight is 256 g/mol. The van der Waals surface area contributed by atoms with Gasteiger partial charge in [-0.1, -0.05) is 35.9 Å². The minimum absolute atomic E-state index is 0.0877. The number of rotatable bonds is 3. The second-order valence-corrected chi connectivity index (χ2v) is 4.27. The number of carbonyl (C=O) groups excluding carboxylic acids is 1. The molecule has 0 atom stereocenters. The largest absolute Gasteiger partial charge is 0.507 e. The third-order valence-corrected chi connectivity index (χ3v) is 2.73. The van der Waals surface area contributed by atoms with Crippen molar-refractivity contribution in [3.8, 4) is 5.75 Å². The summed E-state index contributed by atoms with van der Waals surface area (Å²) in [5.74, 6) is -1.28. The number of allylic oxidation sites excluding steroid dienone is 1. The van der Waals surface area contributed by atoms with Crippen LogP contribution in [0.1, 0.15) is 21.5 Å². The molecule has 1 N–H and O–H groups in total. The summed E-state index contributed by atoms with van der Waals surface area (Å²) in [5, 5.41) is 9.50. The van der Waals surface area contributed by atoms with Crippen molar-refractivity contribution in [1.29, 1.82) is 0 Å². The molecule has 19 heavy (non-hydrogen) atoms. The van der Waals surface area contributed by atoms with E-state index >= 15 is 0 Å². The van der Waals surface area contributed by atoms with E-state index in [-0.39, 0.29) is 17.1 Å². The number of aryl methyl sites for hydroxylation is 1. The van der Waals surface area contributed by atoms with Crippen LogP contribution in [-0.2, 0) is 0 Å². The average Bonchev–Trinajstić information content (AvgIpc) is 2.37. The van der Waals surface area contributed by atoms with Crippen molar-refractivity contribution in [2.24, 2.45) is 0 Å². The number of halogens is 1. The first-order chi connectivity index (χ1) is 9.06. The molecule has 0 aliphatic heterocycles. The van der Waals surface area contributed by atoms with Crippen LogP contribution in [0.25, 0.3) is 6.08 Å². The highest BCUT2D eigenvalue weighted by molar-refractivity contribution is 6.08. The van der Waals surface area contributed by atoms with E-state index in [1.165, 1.54) is 12.1 Å². The first-order valence-corrected chi connectivity index (χ1v) is 5.84. The van der Waals surface area contributed by atoms with Crippen LogP contribution in [0.4, 0.5) is 4.39 Å². The number of phenols is 1. The Balaban J connectivity index is 2.18. The molecule has 2 aromatic carbocycles. The van der Waals surface area contributed by atoms with Crippen LogP contribution in [0.15, 0.2) is 48.5 Å². The molecule has 2 aromatic rings. The van der Waals surface area contributed by atoms with Gasteiger partial charge in [0.15, 0.2) is 5.78 Å². The number of benzene rings is 2. The van der Waals surface area contributed by atoms with Crippen LogP contribution >= 0.6 is 0 Å². The number of hydrogen-bond donors (Lipinski definition) is 1. The van der Waals surface area contributed by atoms with Crippen molar-refractivity contribution in [2.45, 2.75) is 6.92 Å². The van der Waals surface area contributed by atoms with E-state index in [4.69, 9.17) is 0 Å². The quantitative estimate of drug-likeness (QED) is 0.671. The number of hydrogen-bond acceptors (Lipinski definition) is 2. The maximum absolute atomic E-state index is 12.8. The molecule has 2 rings (SSSR count). The minimum Gasteiger partial charge on any atom is -0.507 e. The van der Waals surface area contributed by atoms with Crippen LogP contribution in [0, 0.1) is 12.7 Å². The molecule has 96 valence electrons. The number of phenolic OH excluding ortho intramolecular Hbond substituents is 1. The molecule has 0 spiro atoms. The molecule has 0 heterocycles. The highest BCUT2D eigenvalue weighted by Gasteiger charge is 2.08. The molecular weight excluding hydrogens is 243 g/mol. The summed E-state index contributed by atoms with van der Waals surface area (Å²) < 4.78 is 12.8. The molecule has 0 aliphatic rings. The van der Waals surface area contributed by atoms with E-state index < -0.39 is 5.82 Å². The monoisotopic (exact) mass is 256 g/mol. The lowest BCUT2D eigenvalue weighted by atomic mass is 10.1. The topological polar surface area (TPSA) is 37.3 Å². The molecule has 0 fully saturated rings. The third-order valence-electron chi connectivity index (χ3n) is 2.73. The predicted octanol–water partition coefficient (Wildman–Crippen LogP) is 3.74. The maximum Gasteiger partial charge on any atom is 0.189 e. The molecular formula is C16H13FO2. The summed E-state index contributed by atoms with van der Waals surface area (Å²) in [6, 6.07) is 11.0. The Labute approximate surface area is 110 Å². The SMILES string of the molecule is Cc1ccc(C=CC(=O)c2ccc(F)cc2O)cc1. The van der Waals surface area contributed by atoms with Gasteiger partial charge in [-0.05, 0) is 30.7 Å². The zero-order valence-corrected chi connectivity index (χ0v) is 10.4. The van der Waals surface area contributed by atoms with Gasteiger partial charge in [0.05, 0.1) is 5.56 Å². The molecule has 0 saturated heterocycles. The van der Waals surface area contributed by atoms with E-state index in [9.17, 15) is 14.3 Å². The fourth-order valence-electron chi connectivity index (χ4n) is 1.65. The van der Waals surface area contributed by atoms with Crippen LogP contribution in [0.3, 0.4) is 0 Å². The van der Waals surface area contributed by atoms with Crippen molar-refractivity contribution >= 4 is 11.9 Å². The number of carbonyl (C=O) groups is 1. The fraction of sp³-hybridized carbons (Fsp3) is 0.0625. The Morgan fingerprint density at radius 1 is 1.16 bits per heavy atom. The summed E-state index contributed by atoms with van der Waals surface area (Å²) in [6.45, 7) is 1.98. The van der Waals surface area contributed by atoms with E-state index in [1.807, 2.05) is 31.2 Å². The lowest BCUT2D eigenvalue weighted by molar-refractivity contribution is 0.104. The van der Waals surface area contributed by atoms with Gasteiger partial charge in [0.2, 0.25) is 0 Å². The molecule has 0 aliphatic carbocycles. The van der Waals surface area contributed by atoms with Crippen molar-refractivity contribution in [3.63, 3.8) is 0 Å². The molecule has 0 aromatic heterocycles. The van der Waals surface area contributed by atoms with Gasteiger partial charge in [0.25, 0.3) is 0 Å². The van der Waals surface area contributed by atoms with Crippen molar-refractivity contribution in [2.75, 3.05) is 0 Å². The molecule has 0 saturated carbocycles. The van der Waals surface area contributed by atoms with E-state index in [2.05, 4.69) is 0 Å². The zero-order chi connectivity index (χ0) is 13.8. The summed E-state index contributed by atoms with van der Waals surface area (Å²) in [6.07, 6.45) is 3.02. The summed E-state index contributed by atoms with van der Waals surface area (Å²) in [4.78, 5) is 11.8.